The summed E-state index contributed by atoms with van der Waals surface area (Å²) in [6.07, 6.45) is 5.19. The summed E-state index contributed by atoms with van der Waals surface area (Å²) < 4.78 is 0. The molecule has 5 heteroatoms. The van der Waals surface area contributed by atoms with Crippen LogP contribution in [0.2, 0.25) is 0 Å². The molecule has 0 aromatic heterocycles. The van der Waals surface area contributed by atoms with E-state index < -0.39 is 0 Å². The zero-order valence-corrected chi connectivity index (χ0v) is 13.5. The molecule has 2 fully saturated rings. The molecule has 0 radical (unpaired) electrons. The second-order valence-electron chi connectivity index (χ2n) is 6.57. The SMILES string of the molecule is NC(=O)CN1CCCC[C@@H]2[C@H]1CCCN2C(=O)c1ccccc1. The lowest BCUT2D eigenvalue weighted by Gasteiger charge is -2.44. The van der Waals surface area contributed by atoms with E-state index in [4.69, 9.17) is 5.73 Å². The van der Waals surface area contributed by atoms with Gasteiger partial charge in [-0.15, -0.1) is 0 Å². The number of amides is 2. The zero-order valence-electron chi connectivity index (χ0n) is 13.5. The molecular weight excluding hydrogens is 290 g/mol. The highest BCUT2D eigenvalue weighted by molar-refractivity contribution is 5.94. The number of primary amides is 1. The molecule has 124 valence electrons. The van der Waals surface area contributed by atoms with Gasteiger partial charge in [-0.25, -0.2) is 0 Å². The molecule has 2 atom stereocenters. The molecule has 2 amide bonds. The molecule has 0 saturated carbocycles. The van der Waals surface area contributed by atoms with E-state index in [1.165, 1.54) is 0 Å². The number of nitrogens with two attached hydrogens (primary N) is 1. The van der Waals surface area contributed by atoms with Crippen LogP contribution in [0.3, 0.4) is 0 Å². The molecule has 0 unspecified atom stereocenters. The van der Waals surface area contributed by atoms with Crippen molar-refractivity contribution in [3.05, 3.63) is 35.9 Å². The molecule has 23 heavy (non-hydrogen) atoms. The minimum absolute atomic E-state index is 0.112. The van der Waals surface area contributed by atoms with Gasteiger partial charge in [-0.05, 0) is 44.4 Å². The Morgan fingerprint density at radius 3 is 2.48 bits per heavy atom. The quantitative estimate of drug-likeness (QED) is 0.922. The van der Waals surface area contributed by atoms with Crippen LogP contribution in [0, 0.1) is 0 Å². The number of fused-ring (bicyclic) bond motifs is 1. The first kappa shape index (κ1) is 16.0. The molecular formula is C18H25N3O2. The molecule has 2 saturated heterocycles. The van der Waals surface area contributed by atoms with E-state index in [1.807, 2.05) is 35.2 Å². The van der Waals surface area contributed by atoms with Gasteiger partial charge in [0.2, 0.25) is 5.91 Å². The minimum Gasteiger partial charge on any atom is -0.369 e. The number of benzene rings is 1. The van der Waals surface area contributed by atoms with Crippen LogP contribution in [0.15, 0.2) is 30.3 Å². The van der Waals surface area contributed by atoms with Crippen LogP contribution in [0.1, 0.15) is 42.5 Å². The van der Waals surface area contributed by atoms with Gasteiger partial charge in [0.05, 0.1) is 6.54 Å². The molecule has 0 aliphatic carbocycles. The average Bonchev–Trinajstić information content (AvgIpc) is 2.77. The Bertz CT molecular complexity index is 561. The first-order valence-corrected chi connectivity index (χ1v) is 8.55. The fourth-order valence-corrected chi connectivity index (χ4v) is 4.04. The molecule has 2 heterocycles. The van der Waals surface area contributed by atoms with Gasteiger partial charge >= 0.3 is 0 Å². The van der Waals surface area contributed by atoms with E-state index >= 15 is 0 Å². The summed E-state index contributed by atoms with van der Waals surface area (Å²) in [5, 5.41) is 0. The molecule has 2 aliphatic rings. The zero-order chi connectivity index (χ0) is 16.2. The van der Waals surface area contributed by atoms with E-state index in [2.05, 4.69) is 4.90 Å². The highest BCUT2D eigenvalue weighted by Crippen LogP contribution is 2.30. The lowest BCUT2D eigenvalue weighted by atomic mass is 9.91. The Morgan fingerprint density at radius 1 is 1.00 bits per heavy atom. The van der Waals surface area contributed by atoms with Gasteiger partial charge in [0, 0.05) is 24.2 Å². The summed E-state index contributed by atoms with van der Waals surface area (Å²) in [4.78, 5) is 28.5. The monoisotopic (exact) mass is 315 g/mol. The molecule has 1 aromatic rings. The predicted octanol–water partition coefficient (Wildman–Crippen LogP) is 1.63. The molecule has 1 aromatic carbocycles. The molecule has 2 aliphatic heterocycles. The van der Waals surface area contributed by atoms with Crippen LogP contribution in [0.5, 0.6) is 0 Å². The largest absolute Gasteiger partial charge is 0.369 e. The van der Waals surface area contributed by atoms with Gasteiger partial charge in [0.15, 0.2) is 0 Å². The standard InChI is InChI=1S/C18H25N3O2/c19-17(22)13-20-11-5-4-9-16-15(20)10-6-12-21(16)18(23)14-7-2-1-3-8-14/h1-3,7-8,15-16H,4-6,9-13H2,(H2,19,22)/t15-,16-/m1/s1. The lowest BCUT2D eigenvalue weighted by molar-refractivity contribution is -0.120. The normalized spacial score (nSPS) is 25.5. The summed E-state index contributed by atoms with van der Waals surface area (Å²) in [7, 11) is 0. The molecule has 0 bridgehead atoms. The lowest BCUT2D eigenvalue weighted by Crippen LogP contribution is -2.57. The van der Waals surface area contributed by atoms with Crippen LogP contribution in [-0.4, -0.2) is 53.3 Å². The fourth-order valence-electron chi connectivity index (χ4n) is 4.04. The second-order valence-corrected chi connectivity index (χ2v) is 6.57. The minimum atomic E-state index is -0.280. The third-order valence-electron chi connectivity index (χ3n) is 5.05. The Kier molecular flexibility index (Phi) is 4.96. The smallest absolute Gasteiger partial charge is 0.254 e. The number of nitrogens with zero attached hydrogens (tertiary/aromatic N) is 2. The number of likely N-dealkylation sites (tertiary alicyclic amines) is 2. The number of rotatable bonds is 3. The Labute approximate surface area is 137 Å². The van der Waals surface area contributed by atoms with Crippen LogP contribution >= 0.6 is 0 Å². The van der Waals surface area contributed by atoms with Gasteiger partial charge < -0.3 is 10.6 Å². The van der Waals surface area contributed by atoms with Crippen LogP contribution in [-0.2, 0) is 4.79 Å². The number of piperidine rings is 1. The highest BCUT2D eigenvalue weighted by Gasteiger charge is 2.38. The second kappa shape index (κ2) is 7.13. The third-order valence-corrected chi connectivity index (χ3v) is 5.05. The van der Waals surface area contributed by atoms with Gasteiger partial charge in [-0.2, -0.15) is 0 Å². The Morgan fingerprint density at radius 2 is 1.74 bits per heavy atom. The Balaban J connectivity index is 1.82. The van der Waals surface area contributed by atoms with Crippen molar-refractivity contribution < 1.29 is 9.59 Å². The topological polar surface area (TPSA) is 66.6 Å². The van der Waals surface area contributed by atoms with Gasteiger partial charge in [0.25, 0.3) is 5.91 Å². The number of carbonyl (C=O) groups is 2. The van der Waals surface area contributed by atoms with E-state index in [0.29, 0.717) is 6.54 Å². The van der Waals surface area contributed by atoms with Crippen molar-refractivity contribution in [2.24, 2.45) is 5.73 Å². The van der Waals surface area contributed by atoms with Crippen LogP contribution in [0.25, 0.3) is 0 Å². The summed E-state index contributed by atoms with van der Waals surface area (Å²) >= 11 is 0. The van der Waals surface area contributed by atoms with Gasteiger partial charge in [-0.3, -0.25) is 14.5 Å². The summed E-state index contributed by atoms with van der Waals surface area (Å²) in [6, 6.07) is 9.94. The van der Waals surface area contributed by atoms with Crippen molar-refractivity contribution in [2.45, 2.75) is 44.2 Å². The van der Waals surface area contributed by atoms with Crippen molar-refractivity contribution in [1.29, 1.82) is 0 Å². The Hall–Kier alpha value is -1.88. The highest BCUT2D eigenvalue weighted by atomic mass is 16.2. The van der Waals surface area contributed by atoms with Crippen molar-refractivity contribution in [2.75, 3.05) is 19.6 Å². The van der Waals surface area contributed by atoms with E-state index in [1.54, 1.807) is 0 Å². The summed E-state index contributed by atoms with van der Waals surface area (Å²) in [6.45, 7) is 2.01. The molecule has 2 N–H and O–H groups in total. The molecule has 5 nitrogen and oxygen atoms in total. The maximum atomic E-state index is 12.9. The first-order chi connectivity index (χ1) is 11.2. The van der Waals surface area contributed by atoms with Crippen molar-refractivity contribution in [3.8, 4) is 0 Å². The average molecular weight is 315 g/mol. The van der Waals surface area contributed by atoms with E-state index in [-0.39, 0.29) is 23.9 Å². The first-order valence-electron chi connectivity index (χ1n) is 8.55. The maximum absolute atomic E-state index is 12.9. The fraction of sp³-hybridized carbons (Fsp3) is 0.556. The maximum Gasteiger partial charge on any atom is 0.254 e. The van der Waals surface area contributed by atoms with Crippen molar-refractivity contribution >= 4 is 11.8 Å². The molecule has 0 spiro atoms. The predicted molar refractivity (Wildman–Crippen MR) is 88.9 cm³/mol. The van der Waals surface area contributed by atoms with Gasteiger partial charge in [-0.1, -0.05) is 24.6 Å². The summed E-state index contributed by atoms with van der Waals surface area (Å²) in [5.41, 5.74) is 6.17. The van der Waals surface area contributed by atoms with E-state index in [0.717, 1.165) is 50.8 Å². The van der Waals surface area contributed by atoms with Crippen LogP contribution in [0.4, 0.5) is 0 Å². The number of hydrogen-bond acceptors (Lipinski definition) is 3. The number of hydrogen-bond donors (Lipinski definition) is 1. The molecule has 3 rings (SSSR count). The number of carbonyl (C=O) groups excluding carboxylic acids is 2. The van der Waals surface area contributed by atoms with Crippen LogP contribution < -0.4 is 5.73 Å². The van der Waals surface area contributed by atoms with Crippen molar-refractivity contribution in [3.63, 3.8) is 0 Å². The van der Waals surface area contributed by atoms with Crippen molar-refractivity contribution in [1.82, 2.24) is 9.80 Å². The van der Waals surface area contributed by atoms with E-state index in [9.17, 15) is 9.59 Å². The summed E-state index contributed by atoms with van der Waals surface area (Å²) in [5.74, 6) is -0.168. The third kappa shape index (κ3) is 3.55. The van der Waals surface area contributed by atoms with Gasteiger partial charge in [0.1, 0.15) is 0 Å².